The van der Waals surface area contributed by atoms with Gasteiger partial charge in [0.15, 0.2) is 0 Å². The summed E-state index contributed by atoms with van der Waals surface area (Å²) in [5.41, 5.74) is 0.271. The fourth-order valence-electron chi connectivity index (χ4n) is 3.35. The van der Waals surface area contributed by atoms with Crippen LogP contribution in [0.4, 0.5) is 11.8 Å². The summed E-state index contributed by atoms with van der Waals surface area (Å²) in [4.78, 5) is 11.1. The normalized spacial score (nSPS) is 22.4. The molecule has 7 heteroatoms. The Bertz CT molecular complexity index is 669. The topological polar surface area (TPSA) is 79.1 Å². The first kappa shape index (κ1) is 15.4. The van der Waals surface area contributed by atoms with E-state index in [-0.39, 0.29) is 11.5 Å². The van der Waals surface area contributed by atoms with Gasteiger partial charge in [-0.05, 0) is 37.8 Å². The number of rotatable bonds is 6. The van der Waals surface area contributed by atoms with Crippen LogP contribution in [0.2, 0.25) is 0 Å². The van der Waals surface area contributed by atoms with Crippen LogP contribution in [-0.4, -0.2) is 50.6 Å². The number of nitrogens with zero attached hydrogens (tertiary/aromatic N) is 5. The Kier molecular flexibility index (Phi) is 4.10. The van der Waals surface area contributed by atoms with Crippen molar-refractivity contribution >= 4 is 11.8 Å². The summed E-state index contributed by atoms with van der Waals surface area (Å²) < 4.78 is 2.00. The third kappa shape index (κ3) is 3.51. The minimum absolute atomic E-state index is 0.256. The third-order valence-corrected chi connectivity index (χ3v) is 5.00. The van der Waals surface area contributed by atoms with Gasteiger partial charge in [0.05, 0.1) is 6.10 Å². The van der Waals surface area contributed by atoms with Crippen molar-refractivity contribution < 1.29 is 5.11 Å². The first-order valence-electron chi connectivity index (χ1n) is 8.70. The predicted molar refractivity (Wildman–Crippen MR) is 91.9 cm³/mol. The average molecular weight is 328 g/mol. The van der Waals surface area contributed by atoms with Crippen LogP contribution in [0.25, 0.3) is 0 Å². The Morgan fingerprint density at radius 2 is 2.25 bits per heavy atom. The van der Waals surface area contributed by atoms with E-state index in [1.807, 2.05) is 29.2 Å². The molecule has 3 heterocycles. The lowest BCUT2D eigenvalue weighted by Crippen LogP contribution is -2.38. The zero-order valence-electron chi connectivity index (χ0n) is 13.8. The Hall–Kier alpha value is -2.15. The molecule has 0 spiro atoms. The van der Waals surface area contributed by atoms with Crippen molar-refractivity contribution in [2.24, 2.45) is 5.41 Å². The summed E-state index contributed by atoms with van der Waals surface area (Å²) in [6, 6.07) is 3.88. The first-order valence-corrected chi connectivity index (χ1v) is 8.70. The van der Waals surface area contributed by atoms with E-state index >= 15 is 0 Å². The van der Waals surface area contributed by atoms with Crippen LogP contribution in [0.15, 0.2) is 30.7 Å². The lowest BCUT2D eigenvalue weighted by Gasteiger charge is -2.31. The highest BCUT2D eigenvalue weighted by Crippen LogP contribution is 2.46. The Balaban J connectivity index is 1.37. The molecule has 0 bridgehead atoms. The number of piperidine rings is 1. The molecule has 2 fully saturated rings. The summed E-state index contributed by atoms with van der Waals surface area (Å²) in [6.07, 6.45) is 9.66. The summed E-state index contributed by atoms with van der Waals surface area (Å²) in [5, 5.41) is 17.5. The van der Waals surface area contributed by atoms with Gasteiger partial charge in [-0.15, -0.1) is 0 Å². The highest BCUT2D eigenvalue weighted by atomic mass is 16.3. The average Bonchev–Trinajstić information content (AvgIpc) is 3.17. The molecule has 1 aliphatic carbocycles. The van der Waals surface area contributed by atoms with Crippen molar-refractivity contribution in [3.63, 3.8) is 0 Å². The number of hydrogen-bond acceptors (Lipinski definition) is 6. The first-order chi connectivity index (χ1) is 11.7. The van der Waals surface area contributed by atoms with Crippen molar-refractivity contribution in [1.29, 1.82) is 0 Å². The number of aromatic nitrogens is 4. The van der Waals surface area contributed by atoms with Gasteiger partial charge in [-0.3, -0.25) is 4.68 Å². The highest BCUT2D eigenvalue weighted by molar-refractivity contribution is 5.43. The molecule has 1 atom stereocenters. The summed E-state index contributed by atoms with van der Waals surface area (Å²) in [5.74, 6) is 1.56. The molecule has 7 nitrogen and oxygen atoms in total. The number of hydrogen-bond donors (Lipinski definition) is 2. The van der Waals surface area contributed by atoms with Crippen LogP contribution in [0.3, 0.4) is 0 Å². The van der Waals surface area contributed by atoms with E-state index in [1.165, 1.54) is 12.8 Å². The minimum atomic E-state index is -0.256. The molecule has 24 heavy (non-hydrogen) atoms. The largest absolute Gasteiger partial charge is 0.391 e. The van der Waals surface area contributed by atoms with Gasteiger partial charge in [-0.2, -0.15) is 10.1 Å². The van der Waals surface area contributed by atoms with Gasteiger partial charge in [-0.1, -0.05) is 0 Å². The van der Waals surface area contributed by atoms with E-state index in [2.05, 4.69) is 25.3 Å². The molecule has 128 valence electrons. The maximum atomic E-state index is 9.84. The molecule has 1 saturated heterocycles. The van der Waals surface area contributed by atoms with E-state index in [1.54, 1.807) is 6.20 Å². The van der Waals surface area contributed by atoms with Gasteiger partial charge < -0.3 is 15.3 Å². The molecule has 2 N–H and O–H groups in total. The fourth-order valence-corrected chi connectivity index (χ4v) is 3.35. The number of β-amino-alcohol motifs (C(OH)–C–C–N with tert-alkyl or cyclic N) is 1. The zero-order valence-corrected chi connectivity index (χ0v) is 13.8. The summed E-state index contributed by atoms with van der Waals surface area (Å²) in [6.45, 7) is 3.39. The van der Waals surface area contributed by atoms with Crippen LogP contribution >= 0.6 is 0 Å². The second kappa shape index (κ2) is 6.39. The van der Waals surface area contributed by atoms with Crippen LogP contribution in [0.1, 0.15) is 25.7 Å². The number of aliphatic hydroxyl groups is 1. The maximum absolute atomic E-state index is 9.84. The van der Waals surface area contributed by atoms with E-state index in [0.29, 0.717) is 12.5 Å². The lowest BCUT2D eigenvalue weighted by atomic mass is 10.1. The molecule has 2 aliphatic rings. The molecule has 0 radical (unpaired) electrons. The standard InChI is InChI=1S/C17H24N6O/c24-14-3-1-9-22(11-14)15-4-8-18-16(21-15)19-12-17(5-6-17)13-23-10-2-7-20-23/h2,4,7-8,10,14,24H,1,3,5-6,9,11-13H2,(H,18,19,21)/t14-/m1/s1. The monoisotopic (exact) mass is 328 g/mol. The van der Waals surface area contributed by atoms with E-state index in [4.69, 9.17) is 0 Å². The van der Waals surface area contributed by atoms with Gasteiger partial charge >= 0.3 is 0 Å². The molecule has 4 rings (SSSR count). The molecule has 1 saturated carbocycles. The molecule has 0 aromatic carbocycles. The summed E-state index contributed by atoms with van der Waals surface area (Å²) in [7, 11) is 0. The van der Waals surface area contributed by atoms with E-state index in [9.17, 15) is 5.11 Å². The van der Waals surface area contributed by atoms with E-state index in [0.717, 1.165) is 38.3 Å². The Morgan fingerprint density at radius 1 is 1.33 bits per heavy atom. The third-order valence-electron chi connectivity index (χ3n) is 5.00. The van der Waals surface area contributed by atoms with Gasteiger partial charge in [-0.25, -0.2) is 4.98 Å². The molecular formula is C17H24N6O. The van der Waals surface area contributed by atoms with Gasteiger partial charge in [0.2, 0.25) is 5.95 Å². The Labute approximate surface area is 141 Å². The number of anilines is 2. The van der Waals surface area contributed by atoms with E-state index < -0.39 is 0 Å². The summed E-state index contributed by atoms with van der Waals surface area (Å²) >= 11 is 0. The van der Waals surface area contributed by atoms with Crippen molar-refractivity contribution in [2.75, 3.05) is 29.9 Å². The molecule has 2 aromatic heterocycles. The SMILES string of the molecule is O[C@@H]1CCCN(c2ccnc(NCC3(Cn4cccn4)CC3)n2)C1. The van der Waals surface area contributed by atoms with Gasteiger partial charge in [0.1, 0.15) is 5.82 Å². The molecule has 0 amide bonds. The quantitative estimate of drug-likeness (QED) is 0.837. The number of aliphatic hydroxyl groups excluding tert-OH is 1. The molecular weight excluding hydrogens is 304 g/mol. The van der Waals surface area contributed by atoms with Crippen LogP contribution in [0, 0.1) is 5.41 Å². The lowest BCUT2D eigenvalue weighted by molar-refractivity contribution is 0.154. The van der Waals surface area contributed by atoms with Crippen molar-refractivity contribution in [3.8, 4) is 0 Å². The zero-order chi connectivity index (χ0) is 16.4. The molecule has 1 aliphatic heterocycles. The second-order valence-electron chi connectivity index (χ2n) is 7.04. The van der Waals surface area contributed by atoms with Crippen molar-refractivity contribution in [1.82, 2.24) is 19.7 Å². The molecule has 0 unspecified atom stereocenters. The Morgan fingerprint density at radius 3 is 3.00 bits per heavy atom. The van der Waals surface area contributed by atoms with Gasteiger partial charge in [0, 0.05) is 50.2 Å². The highest BCUT2D eigenvalue weighted by Gasteiger charge is 2.43. The van der Waals surface area contributed by atoms with Crippen LogP contribution in [-0.2, 0) is 6.54 Å². The minimum Gasteiger partial charge on any atom is -0.391 e. The van der Waals surface area contributed by atoms with Crippen molar-refractivity contribution in [2.45, 2.75) is 38.3 Å². The van der Waals surface area contributed by atoms with Crippen LogP contribution in [0.5, 0.6) is 0 Å². The van der Waals surface area contributed by atoms with Gasteiger partial charge in [0.25, 0.3) is 0 Å². The molecule has 2 aromatic rings. The van der Waals surface area contributed by atoms with Crippen molar-refractivity contribution in [3.05, 3.63) is 30.7 Å². The second-order valence-corrected chi connectivity index (χ2v) is 7.04. The predicted octanol–water partition coefficient (Wildman–Crippen LogP) is 1.53. The maximum Gasteiger partial charge on any atom is 0.224 e. The smallest absolute Gasteiger partial charge is 0.224 e. The fraction of sp³-hybridized carbons (Fsp3) is 0.588. The van der Waals surface area contributed by atoms with Crippen LogP contribution < -0.4 is 10.2 Å². The number of nitrogens with one attached hydrogen (secondary N) is 1.